The second-order valence-corrected chi connectivity index (χ2v) is 8.16. The largest absolute Gasteiger partial charge is 0.398 e. The summed E-state index contributed by atoms with van der Waals surface area (Å²) in [6, 6.07) is 7.89. The first-order valence-electron chi connectivity index (χ1n) is 5.74. The molecule has 8 heteroatoms. The molecule has 0 saturated carbocycles. The van der Waals surface area contributed by atoms with Crippen LogP contribution in [0, 0.1) is 6.92 Å². The number of hydrogen-bond donors (Lipinski definition) is 2. The molecule has 112 valence electrons. The van der Waals surface area contributed by atoms with Gasteiger partial charge >= 0.3 is 0 Å². The quantitative estimate of drug-likeness (QED) is 0.668. The molecule has 3 N–H and O–H groups in total. The van der Waals surface area contributed by atoms with Crippen LogP contribution in [0.3, 0.4) is 0 Å². The fraction of sp³-hybridized carbons (Fsp3) is 0.0769. The molecule has 0 heterocycles. The van der Waals surface area contributed by atoms with Crippen molar-refractivity contribution in [1.29, 1.82) is 0 Å². The van der Waals surface area contributed by atoms with Crippen molar-refractivity contribution >= 4 is 64.9 Å². The molecule has 0 atom stereocenters. The van der Waals surface area contributed by atoms with Crippen molar-refractivity contribution in [2.75, 3.05) is 10.5 Å². The van der Waals surface area contributed by atoms with Gasteiger partial charge in [-0.1, -0.05) is 11.6 Å². The lowest BCUT2D eigenvalue weighted by Crippen LogP contribution is -2.15. The van der Waals surface area contributed by atoms with Crippen molar-refractivity contribution in [3.8, 4) is 0 Å². The van der Waals surface area contributed by atoms with E-state index >= 15 is 0 Å². The maximum atomic E-state index is 12.5. The van der Waals surface area contributed by atoms with Crippen LogP contribution >= 0.6 is 43.5 Å². The van der Waals surface area contributed by atoms with Gasteiger partial charge in [-0.25, -0.2) is 8.42 Å². The zero-order valence-corrected chi connectivity index (χ0v) is 15.6. The molecule has 0 aliphatic rings. The Hall–Kier alpha value is -0.760. The summed E-state index contributed by atoms with van der Waals surface area (Å²) < 4.78 is 28.7. The minimum absolute atomic E-state index is 0.130. The van der Waals surface area contributed by atoms with E-state index in [-0.39, 0.29) is 4.90 Å². The molecule has 21 heavy (non-hydrogen) atoms. The lowest BCUT2D eigenvalue weighted by atomic mass is 10.2. The molecule has 0 aromatic heterocycles. The molecule has 0 unspecified atom stereocenters. The van der Waals surface area contributed by atoms with Crippen LogP contribution in [-0.4, -0.2) is 8.42 Å². The Labute approximate surface area is 145 Å². The summed E-state index contributed by atoms with van der Waals surface area (Å²) in [7, 11) is -3.74. The number of anilines is 2. The predicted octanol–water partition coefficient (Wildman–Crippen LogP) is 4.56. The molecular weight excluding hydrogens is 443 g/mol. The Bertz CT molecular complexity index is 810. The second-order valence-electron chi connectivity index (χ2n) is 4.37. The second kappa shape index (κ2) is 6.16. The van der Waals surface area contributed by atoms with Gasteiger partial charge in [-0.3, -0.25) is 4.72 Å². The third-order valence-corrected chi connectivity index (χ3v) is 5.84. The Balaban J connectivity index is 2.46. The summed E-state index contributed by atoms with van der Waals surface area (Å²) in [5.74, 6) is 0. The van der Waals surface area contributed by atoms with Gasteiger partial charge in [0.2, 0.25) is 0 Å². The number of halogens is 3. The first kappa shape index (κ1) is 16.6. The van der Waals surface area contributed by atoms with Crippen LogP contribution in [0.15, 0.2) is 44.2 Å². The lowest BCUT2D eigenvalue weighted by molar-refractivity contribution is 0.600. The summed E-state index contributed by atoms with van der Waals surface area (Å²) in [6.45, 7) is 1.70. The van der Waals surface area contributed by atoms with Crippen LogP contribution in [0.1, 0.15) is 5.56 Å². The van der Waals surface area contributed by atoms with Crippen LogP contribution < -0.4 is 10.5 Å². The number of benzene rings is 2. The number of nitrogens with one attached hydrogen (secondary N) is 1. The average molecular weight is 455 g/mol. The monoisotopic (exact) mass is 452 g/mol. The van der Waals surface area contributed by atoms with E-state index in [0.717, 1.165) is 0 Å². The molecule has 0 aliphatic heterocycles. The molecule has 0 spiro atoms. The third kappa shape index (κ3) is 3.71. The topological polar surface area (TPSA) is 72.2 Å². The molecule has 0 saturated heterocycles. The molecule has 4 nitrogen and oxygen atoms in total. The smallest absolute Gasteiger partial charge is 0.262 e. The normalized spacial score (nSPS) is 11.4. The first-order valence-corrected chi connectivity index (χ1v) is 9.19. The highest BCUT2D eigenvalue weighted by molar-refractivity contribution is 9.11. The van der Waals surface area contributed by atoms with Crippen LogP contribution in [-0.2, 0) is 10.0 Å². The molecular formula is C13H11Br2ClN2O2S. The molecule has 0 amide bonds. The average Bonchev–Trinajstić information content (AvgIpc) is 2.37. The molecule has 0 aliphatic carbocycles. The Morgan fingerprint density at radius 1 is 1.14 bits per heavy atom. The van der Waals surface area contributed by atoms with Gasteiger partial charge in [0.1, 0.15) is 0 Å². The number of nitrogens with two attached hydrogens (primary N) is 1. The lowest BCUT2D eigenvalue weighted by Gasteiger charge is -2.13. The molecule has 0 fully saturated rings. The van der Waals surface area contributed by atoms with Crippen LogP contribution in [0.4, 0.5) is 11.4 Å². The summed E-state index contributed by atoms with van der Waals surface area (Å²) >= 11 is 12.4. The minimum Gasteiger partial charge on any atom is -0.398 e. The van der Waals surface area contributed by atoms with Gasteiger partial charge in [0.15, 0.2) is 0 Å². The van der Waals surface area contributed by atoms with Gasteiger partial charge in [-0.05, 0) is 74.7 Å². The molecule has 2 aromatic carbocycles. The number of hydrogen-bond acceptors (Lipinski definition) is 3. The number of rotatable bonds is 3. The van der Waals surface area contributed by atoms with E-state index in [0.29, 0.717) is 30.9 Å². The van der Waals surface area contributed by atoms with E-state index < -0.39 is 10.0 Å². The van der Waals surface area contributed by atoms with Gasteiger partial charge in [-0.15, -0.1) is 0 Å². The standard InChI is InChI=1S/C13H11Br2ClN2O2S/c1-7-4-9(14)11(17)6-13(7)21(19,20)18-12-3-2-8(16)5-10(12)15/h2-6,18H,17H2,1H3. The fourth-order valence-corrected chi connectivity index (χ4v) is 4.44. The van der Waals surface area contributed by atoms with Gasteiger partial charge in [0.25, 0.3) is 10.0 Å². The molecule has 2 rings (SSSR count). The summed E-state index contributed by atoms with van der Waals surface area (Å²) in [5.41, 5.74) is 7.12. The van der Waals surface area contributed by atoms with Crippen LogP contribution in [0.25, 0.3) is 0 Å². The number of sulfonamides is 1. The van der Waals surface area contributed by atoms with Crippen molar-refractivity contribution in [3.63, 3.8) is 0 Å². The highest BCUT2D eigenvalue weighted by Crippen LogP contribution is 2.31. The number of aryl methyl sites for hydroxylation is 1. The zero-order chi connectivity index (χ0) is 15.8. The highest BCUT2D eigenvalue weighted by atomic mass is 79.9. The maximum Gasteiger partial charge on any atom is 0.262 e. The zero-order valence-electron chi connectivity index (χ0n) is 10.8. The van der Waals surface area contributed by atoms with E-state index in [9.17, 15) is 8.42 Å². The number of nitrogen functional groups attached to an aromatic ring is 1. The Morgan fingerprint density at radius 3 is 2.43 bits per heavy atom. The van der Waals surface area contributed by atoms with E-state index in [1.54, 1.807) is 31.2 Å². The minimum atomic E-state index is -3.74. The third-order valence-electron chi connectivity index (χ3n) is 2.76. The van der Waals surface area contributed by atoms with E-state index in [1.807, 2.05) is 0 Å². The SMILES string of the molecule is Cc1cc(Br)c(N)cc1S(=O)(=O)Nc1ccc(Cl)cc1Br. The predicted molar refractivity (Wildman–Crippen MR) is 93.3 cm³/mol. The maximum absolute atomic E-state index is 12.5. The van der Waals surface area contributed by atoms with Crippen molar-refractivity contribution in [2.45, 2.75) is 11.8 Å². The van der Waals surface area contributed by atoms with Crippen molar-refractivity contribution < 1.29 is 8.42 Å². The first-order chi connectivity index (χ1) is 9.70. The van der Waals surface area contributed by atoms with E-state index in [2.05, 4.69) is 36.6 Å². The van der Waals surface area contributed by atoms with Gasteiger partial charge < -0.3 is 5.73 Å². The van der Waals surface area contributed by atoms with Gasteiger partial charge in [0.05, 0.1) is 10.6 Å². The van der Waals surface area contributed by atoms with Crippen LogP contribution in [0.2, 0.25) is 5.02 Å². The van der Waals surface area contributed by atoms with E-state index in [1.165, 1.54) is 6.07 Å². The van der Waals surface area contributed by atoms with Gasteiger partial charge in [0, 0.05) is 19.7 Å². The molecule has 2 aromatic rings. The van der Waals surface area contributed by atoms with E-state index in [4.69, 9.17) is 17.3 Å². The van der Waals surface area contributed by atoms with Gasteiger partial charge in [-0.2, -0.15) is 0 Å². The van der Waals surface area contributed by atoms with Crippen molar-refractivity contribution in [2.24, 2.45) is 0 Å². The summed E-state index contributed by atoms with van der Waals surface area (Å²) in [6.07, 6.45) is 0. The summed E-state index contributed by atoms with van der Waals surface area (Å²) in [4.78, 5) is 0.130. The van der Waals surface area contributed by atoms with Crippen LogP contribution in [0.5, 0.6) is 0 Å². The summed E-state index contributed by atoms with van der Waals surface area (Å²) in [5, 5.41) is 0.508. The molecule has 0 bridgehead atoms. The highest BCUT2D eigenvalue weighted by Gasteiger charge is 2.19. The Kier molecular flexibility index (Phi) is 4.87. The Morgan fingerprint density at radius 2 is 1.81 bits per heavy atom. The van der Waals surface area contributed by atoms with Crippen molar-refractivity contribution in [1.82, 2.24) is 0 Å². The molecule has 0 radical (unpaired) electrons. The van der Waals surface area contributed by atoms with Crippen molar-refractivity contribution in [3.05, 3.63) is 49.9 Å². The fourth-order valence-electron chi connectivity index (χ4n) is 1.73.